The van der Waals surface area contributed by atoms with Gasteiger partial charge in [0, 0.05) is 18.2 Å². The molecule has 0 bridgehead atoms. The fraction of sp³-hybridized carbons (Fsp3) is 0.111. The van der Waals surface area contributed by atoms with E-state index in [1.54, 1.807) is 18.2 Å². The number of carbonyl (C=O) groups is 2. The molecular formula is C18H15N4O3S-. The Balaban J connectivity index is 1.59. The number of nitrogens with one attached hydrogen (secondary N) is 1. The van der Waals surface area contributed by atoms with Crippen LogP contribution in [0.2, 0.25) is 0 Å². The van der Waals surface area contributed by atoms with Crippen molar-refractivity contribution in [2.24, 2.45) is 12.1 Å². The van der Waals surface area contributed by atoms with Crippen LogP contribution in [0, 0.1) is 0 Å². The summed E-state index contributed by atoms with van der Waals surface area (Å²) in [4.78, 5) is 27.4. The topological polar surface area (TPSA) is 99.4 Å². The number of hydrazone groups is 1. The number of hydrogen-bond acceptors (Lipinski definition) is 6. The molecule has 132 valence electrons. The van der Waals surface area contributed by atoms with Gasteiger partial charge < -0.3 is 14.5 Å². The van der Waals surface area contributed by atoms with E-state index in [-0.39, 0.29) is 17.2 Å². The third kappa shape index (κ3) is 3.92. The molecule has 0 saturated heterocycles. The predicted molar refractivity (Wildman–Crippen MR) is 97.9 cm³/mol. The van der Waals surface area contributed by atoms with Crippen molar-refractivity contribution in [1.82, 2.24) is 15.0 Å². The van der Waals surface area contributed by atoms with E-state index in [0.29, 0.717) is 5.56 Å². The van der Waals surface area contributed by atoms with E-state index < -0.39 is 5.97 Å². The number of hydrogen-bond donors (Lipinski definition) is 1. The summed E-state index contributed by atoms with van der Waals surface area (Å²) in [7, 11) is 1.89. The molecule has 0 fully saturated rings. The average Bonchev–Trinajstić information content (AvgIpc) is 2.96. The third-order valence-corrected chi connectivity index (χ3v) is 4.68. The summed E-state index contributed by atoms with van der Waals surface area (Å²) in [5, 5.41) is 15.5. The van der Waals surface area contributed by atoms with Gasteiger partial charge in [0.2, 0.25) is 0 Å². The number of aryl methyl sites for hydroxylation is 1. The van der Waals surface area contributed by atoms with Gasteiger partial charge in [0.1, 0.15) is 0 Å². The number of fused-ring (bicyclic) bond motifs is 1. The first-order valence-corrected chi connectivity index (χ1v) is 8.71. The maximum absolute atomic E-state index is 11.9. The van der Waals surface area contributed by atoms with Crippen LogP contribution in [-0.4, -0.2) is 33.4 Å². The van der Waals surface area contributed by atoms with E-state index >= 15 is 0 Å². The molecule has 1 heterocycles. The zero-order valence-corrected chi connectivity index (χ0v) is 14.7. The van der Waals surface area contributed by atoms with Crippen molar-refractivity contribution < 1.29 is 14.7 Å². The lowest BCUT2D eigenvalue weighted by Crippen LogP contribution is -2.24. The first kappa shape index (κ1) is 17.7. The lowest BCUT2D eigenvalue weighted by atomic mass is 10.1. The fourth-order valence-electron chi connectivity index (χ4n) is 2.38. The summed E-state index contributed by atoms with van der Waals surface area (Å²) in [5.74, 6) is -1.48. The van der Waals surface area contributed by atoms with Crippen LogP contribution in [0.3, 0.4) is 0 Å². The largest absolute Gasteiger partial charge is 0.545 e. The number of thioether (sulfide) groups is 1. The second kappa shape index (κ2) is 7.83. The van der Waals surface area contributed by atoms with Crippen LogP contribution in [0.15, 0.2) is 58.8 Å². The number of aromatic carboxylic acids is 1. The van der Waals surface area contributed by atoms with Gasteiger partial charge in [0.05, 0.1) is 29.0 Å². The number of benzene rings is 2. The van der Waals surface area contributed by atoms with Gasteiger partial charge in [-0.3, -0.25) is 4.79 Å². The summed E-state index contributed by atoms with van der Waals surface area (Å²) < 4.78 is 1.92. The van der Waals surface area contributed by atoms with Gasteiger partial charge >= 0.3 is 0 Å². The summed E-state index contributed by atoms with van der Waals surface area (Å²) in [6.45, 7) is 0. The van der Waals surface area contributed by atoms with Crippen molar-refractivity contribution in [2.45, 2.75) is 5.16 Å². The van der Waals surface area contributed by atoms with E-state index in [4.69, 9.17) is 0 Å². The second-order valence-corrected chi connectivity index (χ2v) is 6.34. The van der Waals surface area contributed by atoms with Gasteiger partial charge in [0.25, 0.3) is 5.91 Å². The first-order chi connectivity index (χ1) is 12.6. The Labute approximate surface area is 153 Å². The summed E-state index contributed by atoms with van der Waals surface area (Å²) in [6.07, 6.45) is 1.28. The molecule has 0 aliphatic heterocycles. The molecule has 0 unspecified atom stereocenters. The Morgan fingerprint density at radius 1 is 1.23 bits per heavy atom. The second-order valence-electron chi connectivity index (χ2n) is 5.40. The molecule has 0 spiro atoms. The van der Waals surface area contributed by atoms with Crippen molar-refractivity contribution in [2.75, 3.05) is 5.75 Å². The van der Waals surface area contributed by atoms with E-state index in [0.717, 1.165) is 16.2 Å². The van der Waals surface area contributed by atoms with E-state index in [1.165, 1.54) is 24.0 Å². The van der Waals surface area contributed by atoms with E-state index in [1.807, 2.05) is 35.9 Å². The van der Waals surface area contributed by atoms with Crippen LogP contribution in [0.4, 0.5) is 0 Å². The number of carboxylic acid groups (broad SMARTS) is 1. The van der Waals surface area contributed by atoms with Crippen LogP contribution in [-0.2, 0) is 11.8 Å². The lowest BCUT2D eigenvalue weighted by molar-refractivity contribution is -0.255. The lowest BCUT2D eigenvalue weighted by Gasteiger charge is -2.05. The minimum Gasteiger partial charge on any atom is -0.545 e. The molecule has 1 N–H and O–H groups in total. The maximum Gasteiger partial charge on any atom is 0.250 e. The SMILES string of the molecule is Cn1c(SCC(=O)NN=Cc2ccccc2C(=O)[O-])nc2ccccc21. The van der Waals surface area contributed by atoms with Crippen molar-refractivity contribution in [3.05, 3.63) is 59.7 Å². The summed E-state index contributed by atoms with van der Waals surface area (Å²) in [5.41, 5.74) is 4.61. The maximum atomic E-state index is 11.9. The highest BCUT2D eigenvalue weighted by Crippen LogP contribution is 2.22. The Morgan fingerprint density at radius 3 is 2.73 bits per heavy atom. The number of aromatic nitrogens is 2. The molecule has 8 heteroatoms. The van der Waals surface area contributed by atoms with Gasteiger partial charge in [-0.05, 0) is 12.1 Å². The van der Waals surface area contributed by atoms with Crippen molar-refractivity contribution in [3.8, 4) is 0 Å². The number of carbonyl (C=O) groups excluding carboxylic acids is 2. The Morgan fingerprint density at radius 2 is 1.96 bits per heavy atom. The van der Waals surface area contributed by atoms with Crippen molar-refractivity contribution in [1.29, 1.82) is 0 Å². The van der Waals surface area contributed by atoms with E-state index in [2.05, 4.69) is 15.5 Å². The summed E-state index contributed by atoms with van der Waals surface area (Å²) >= 11 is 1.30. The highest BCUT2D eigenvalue weighted by atomic mass is 32.2. The Bertz CT molecular complexity index is 997. The van der Waals surface area contributed by atoms with Crippen LogP contribution in [0.1, 0.15) is 15.9 Å². The molecule has 1 amide bonds. The molecule has 0 atom stereocenters. The predicted octanol–water partition coefficient (Wildman–Crippen LogP) is 1.18. The first-order valence-electron chi connectivity index (χ1n) is 7.73. The minimum absolute atomic E-state index is 0.0135. The Kier molecular flexibility index (Phi) is 5.33. The van der Waals surface area contributed by atoms with Gasteiger partial charge in [-0.25, -0.2) is 10.4 Å². The van der Waals surface area contributed by atoms with Gasteiger partial charge in [-0.15, -0.1) is 0 Å². The molecule has 26 heavy (non-hydrogen) atoms. The zero-order chi connectivity index (χ0) is 18.5. The number of para-hydroxylation sites is 2. The number of carboxylic acids is 1. The quantitative estimate of drug-likeness (QED) is 0.401. The van der Waals surface area contributed by atoms with E-state index in [9.17, 15) is 14.7 Å². The van der Waals surface area contributed by atoms with Gasteiger partial charge in [-0.1, -0.05) is 48.2 Å². The third-order valence-electron chi connectivity index (χ3n) is 3.65. The highest BCUT2D eigenvalue weighted by molar-refractivity contribution is 7.99. The van der Waals surface area contributed by atoms with Crippen molar-refractivity contribution in [3.63, 3.8) is 0 Å². The normalized spacial score (nSPS) is 11.1. The number of imidazole rings is 1. The molecule has 0 aliphatic rings. The smallest absolute Gasteiger partial charge is 0.250 e. The fourth-order valence-corrected chi connectivity index (χ4v) is 3.16. The van der Waals surface area contributed by atoms with Crippen LogP contribution in [0.5, 0.6) is 0 Å². The average molecular weight is 367 g/mol. The van der Waals surface area contributed by atoms with Crippen molar-refractivity contribution >= 4 is 40.9 Å². The molecule has 7 nitrogen and oxygen atoms in total. The van der Waals surface area contributed by atoms with Gasteiger partial charge in [-0.2, -0.15) is 5.10 Å². The van der Waals surface area contributed by atoms with Crippen LogP contribution in [0.25, 0.3) is 11.0 Å². The van der Waals surface area contributed by atoms with Crippen LogP contribution < -0.4 is 10.5 Å². The minimum atomic E-state index is -1.30. The van der Waals surface area contributed by atoms with Gasteiger partial charge in [0.15, 0.2) is 5.16 Å². The molecule has 1 aromatic heterocycles. The number of rotatable bonds is 6. The number of nitrogens with zero attached hydrogens (tertiary/aromatic N) is 3. The molecule has 0 aliphatic carbocycles. The number of amides is 1. The highest BCUT2D eigenvalue weighted by Gasteiger charge is 2.09. The monoisotopic (exact) mass is 367 g/mol. The zero-order valence-electron chi connectivity index (χ0n) is 13.9. The standard InChI is InChI=1S/C18H16N4O3S/c1-22-15-9-5-4-8-14(15)20-18(22)26-11-16(23)21-19-10-12-6-2-3-7-13(12)17(24)25/h2-10H,11H2,1H3,(H,21,23)(H,24,25)/p-1. The molecule has 0 saturated carbocycles. The summed E-state index contributed by atoms with van der Waals surface area (Å²) in [6, 6.07) is 14.0. The Hall–Kier alpha value is -3.13. The molecule has 0 radical (unpaired) electrons. The molecular weight excluding hydrogens is 352 g/mol. The molecule has 2 aromatic carbocycles. The van der Waals surface area contributed by atoms with Crippen LogP contribution >= 0.6 is 11.8 Å². The molecule has 3 aromatic rings. The molecule has 3 rings (SSSR count).